The van der Waals surface area contributed by atoms with Crippen LogP contribution in [-0.4, -0.2) is 50.1 Å². The molecule has 0 saturated carbocycles. The van der Waals surface area contributed by atoms with Crippen LogP contribution in [-0.2, 0) is 11.3 Å². The zero-order valence-corrected chi connectivity index (χ0v) is 15.8. The Balaban J connectivity index is 0.00000225. The lowest BCUT2D eigenvalue weighted by Crippen LogP contribution is -2.44. The molecule has 2 fully saturated rings. The van der Waals surface area contributed by atoms with E-state index in [0.29, 0.717) is 5.92 Å². The van der Waals surface area contributed by atoms with Gasteiger partial charge in [-0.25, -0.2) is 0 Å². The molecule has 1 aromatic rings. The van der Waals surface area contributed by atoms with Crippen molar-refractivity contribution in [1.29, 1.82) is 0 Å². The highest BCUT2D eigenvalue weighted by Crippen LogP contribution is 2.20. The first kappa shape index (κ1) is 20.0. The number of methoxy groups -OCH3 is 1. The molecule has 0 radical (unpaired) electrons. The average molecular weight is 368 g/mol. The number of carbonyl (C=O) groups is 1. The second-order valence-corrected chi connectivity index (χ2v) is 6.96. The first-order chi connectivity index (χ1) is 11.7. The number of hydrogen-bond donors (Lipinski definition) is 2. The van der Waals surface area contributed by atoms with Crippen molar-refractivity contribution in [1.82, 2.24) is 15.5 Å². The Hall–Kier alpha value is -1.30. The van der Waals surface area contributed by atoms with Gasteiger partial charge in [0, 0.05) is 13.1 Å². The highest BCUT2D eigenvalue weighted by Gasteiger charge is 2.24. The predicted molar refractivity (Wildman–Crippen MR) is 102 cm³/mol. The normalized spacial score (nSPS) is 21.6. The van der Waals surface area contributed by atoms with Gasteiger partial charge in [0.2, 0.25) is 5.91 Å². The van der Waals surface area contributed by atoms with Crippen LogP contribution in [0.4, 0.5) is 0 Å². The van der Waals surface area contributed by atoms with E-state index in [4.69, 9.17) is 4.74 Å². The second kappa shape index (κ2) is 10.00. The number of carbonyl (C=O) groups excluding carboxylic acids is 1. The summed E-state index contributed by atoms with van der Waals surface area (Å²) in [7, 11) is 1.70. The molecule has 2 aliphatic heterocycles. The van der Waals surface area contributed by atoms with Crippen molar-refractivity contribution in [2.45, 2.75) is 38.3 Å². The highest BCUT2D eigenvalue weighted by molar-refractivity contribution is 5.85. The van der Waals surface area contributed by atoms with Gasteiger partial charge in [-0.3, -0.25) is 9.69 Å². The third-order valence-corrected chi connectivity index (χ3v) is 5.21. The molecular weight excluding hydrogens is 338 g/mol. The molecule has 5 nitrogen and oxygen atoms in total. The van der Waals surface area contributed by atoms with Gasteiger partial charge in [-0.2, -0.15) is 0 Å². The Morgan fingerprint density at radius 2 is 1.96 bits per heavy atom. The zero-order valence-electron chi connectivity index (χ0n) is 15.0. The maximum absolute atomic E-state index is 12.1. The maximum atomic E-state index is 12.1. The first-order valence-electron chi connectivity index (χ1n) is 9.11. The van der Waals surface area contributed by atoms with Crippen LogP contribution < -0.4 is 15.4 Å². The van der Waals surface area contributed by atoms with Crippen LogP contribution in [0.1, 0.15) is 31.2 Å². The van der Waals surface area contributed by atoms with E-state index in [9.17, 15) is 4.79 Å². The molecule has 2 heterocycles. The van der Waals surface area contributed by atoms with Crippen molar-refractivity contribution in [3.8, 4) is 5.75 Å². The number of amides is 1. The molecule has 2 aliphatic rings. The minimum atomic E-state index is 0. The Bertz CT molecular complexity index is 524. The number of hydrogen-bond acceptors (Lipinski definition) is 4. The number of likely N-dealkylation sites (tertiary alicyclic amines) is 1. The molecule has 6 heteroatoms. The molecule has 25 heavy (non-hydrogen) atoms. The van der Waals surface area contributed by atoms with Gasteiger partial charge in [0.05, 0.1) is 13.2 Å². The van der Waals surface area contributed by atoms with Gasteiger partial charge < -0.3 is 15.4 Å². The van der Waals surface area contributed by atoms with Crippen molar-refractivity contribution >= 4 is 18.3 Å². The van der Waals surface area contributed by atoms with Crippen LogP contribution in [0.15, 0.2) is 24.3 Å². The number of benzene rings is 1. The zero-order chi connectivity index (χ0) is 16.8. The Labute approximate surface area is 156 Å². The van der Waals surface area contributed by atoms with E-state index in [0.717, 1.165) is 64.2 Å². The van der Waals surface area contributed by atoms with Crippen LogP contribution in [0.3, 0.4) is 0 Å². The molecule has 0 aromatic heterocycles. The van der Waals surface area contributed by atoms with Gasteiger partial charge in [-0.15, -0.1) is 12.4 Å². The van der Waals surface area contributed by atoms with Crippen LogP contribution in [0.25, 0.3) is 0 Å². The first-order valence-corrected chi connectivity index (χ1v) is 9.11. The van der Waals surface area contributed by atoms with Crippen LogP contribution in [0.5, 0.6) is 5.75 Å². The smallest absolute Gasteiger partial charge is 0.237 e. The van der Waals surface area contributed by atoms with Gasteiger partial charge >= 0.3 is 0 Å². The maximum Gasteiger partial charge on any atom is 0.237 e. The summed E-state index contributed by atoms with van der Waals surface area (Å²) >= 11 is 0. The van der Waals surface area contributed by atoms with Crippen LogP contribution in [0, 0.1) is 5.92 Å². The summed E-state index contributed by atoms with van der Waals surface area (Å²) in [4.78, 5) is 14.6. The quantitative estimate of drug-likeness (QED) is 0.809. The summed E-state index contributed by atoms with van der Waals surface area (Å²) in [5.41, 5.74) is 1.33. The summed E-state index contributed by atoms with van der Waals surface area (Å²) < 4.78 is 5.20. The SMILES string of the molecule is COc1ccc(CN2CCC(CNC(=O)[C@@H]3CCCN3)CC2)cc1.Cl. The van der Waals surface area contributed by atoms with Gasteiger partial charge in [-0.1, -0.05) is 12.1 Å². The van der Waals surface area contributed by atoms with Gasteiger partial charge in [-0.05, 0) is 68.9 Å². The number of halogens is 1. The number of nitrogens with one attached hydrogen (secondary N) is 2. The molecule has 1 atom stereocenters. The molecule has 0 aliphatic carbocycles. The fourth-order valence-corrected chi connectivity index (χ4v) is 3.61. The summed E-state index contributed by atoms with van der Waals surface area (Å²) in [6.07, 6.45) is 4.41. The third kappa shape index (κ3) is 5.87. The van der Waals surface area contributed by atoms with Crippen molar-refractivity contribution in [3.05, 3.63) is 29.8 Å². The van der Waals surface area contributed by atoms with E-state index in [1.165, 1.54) is 5.56 Å². The van der Waals surface area contributed by atoms with Crippen LogP contribution >= 0.6 is 12.4 Å². The minimum Gasteiger partial charge on any atom is -0.497 e. The molecule has 0 spiro atoms. The molecule has 1 aromatic carbocycles. The Morgan fingerprint density at radius 1 is 1.24 bits per heavy atom. The van der Waals surface area contributed by atoms with E-state index in [2.05, 4.69) is 27.7 Å². The minimum absolute atomic E-state index is 0. The number of rotatable bonds is 6. The third-order valence-electron chi connectivity index (χ3n) is 5.21. The van der Waals surface area contributed by atoms with E-state index in [1.54, 1.807) is 7.11 Å². The topological polar surface area (TPSA) is 53.6 Å². The predicted octanol–water partition coefficient (Wildman–Crippen LogP) is 2.20. The number of piperidine rings is 1. The fourth-order valence-electron chi connectivity index (χ4n) is 3.61. The molecule has 1 amide bonds. The van der Waals surface area contributed by atoms with Gasteiger partial charge in [0.1, 0.15) is 5.75 Å². The molecule has 140 valence electrons. The average Bonchev–Trinajstić information content (AvgIpc) is 3.16. The lowest BCUT2D eigenvalue weighted by Gasteiger charge is -2.32. The fraction of sp³-hybridized carbons (Fsp3) is 0.632. The standard InChI is InChI=1S/C19H29N3O2.ClH/c1-24-17-6-4-16(5-7-17)14-22-11-8-15(9-12-22)13-21-19(23)18-3-2-10-20-18;/h4-7,15,18,20H,2-3,8-14H2,1H3,(H,21,23);1H/t18-;/m0./s1. The molecule has 0 unspecified atom stereocenters. The summed E-state index contributed by atoms with van der Waals surface area (Å²) in [6.45, 7) is 5.01. The molecule has 3 rings (SSSR count). The molecule has 0 bridgehead atoms. The largest absolute Gasteiger partial charge is 0.497 e. The number of nitrogens with zero attached hydrogens (tertiary/aromatic N) is 1. The monoisotopic (exact) mass is 367 g/mol. The van der Waals surface area contributed by atoms with Crippen molar-refractivity contribution in [2.24, 2.45) is 5.92 Å². The van der Waals surface area contributed by atoms with E-state index in [1.807, 2.05) is 12.1 Å². The molecule has 2 N–H and O–H groups in total. The Kier molecular flexibility index (Phi) is 8.00. The Morgan fingerprint density at radius 3 is 2.56 bits per heavy atom. The summed E-state index contributed by atoms with van der Waals surface area (Å²) in [5.74, 6) is 1.71. The van der Waals surface area contributed by atoms with Crippen molar-refractivity contribution in [3.63, 3.8) is 0 Å². The van der Waals surface area contributed by atoms with E-state index in [-0.39, 0.29) is 24.4 Å². The van der Waals surface area contributed by atoms with Gasteiger partial charge in [0.15, 0.2) is 0 Å². The summed E-state index contributed by atoms with van der Waals surface area (Å²) in [5, 5.41) is 6.40. The number of ether oxygens (including phenoxy) is 1. The van der Waals surface area contributed by atoms with E-state index < -0.39 is 0 Å². The van der Waals surface area contributed by atoms with Gasteiger partial charge in [0.25, 0.3) is 0 Å². The van der Waals surface area contributed by atoms with Crippen molar-refractivity contribution < 1.29 is 9.53 Å². The van der Waals surface area contributed by atoms with Crippen molar-refractivity contribution in [2.75, 3.05) is 33.3 Å². The lowest BCUT2D eigenvalue weighted by atomic mass is 9.96. The highest BCUT2D eigenvalue weighted by atomic mass is 35.5. The van der Waals surface area contributed by atoms with Crippen LogP contribution in [0.2, 0.25) is 0 Å². The molecule has 2 saturated heterocycles. The lowest BCUT2D eigenvalue weighted by molar-refractivity contribution is -0.123. The summed E-state index contributed by atoms with van der Waals surface area (Å²) in [6, 6.07) is 8.36. The second-order valence-electron chi connectivity index (χ2n) is 6.96. The van der Waals surface area contributed by atoms with E-state index >= 15 is 0 Å². The molecular formula is C19H30ClN3O2.